The van der Waals surface area contributed by atoms with Gasteiger partial charge in [-0.2, -0.15) is 0 Å². The molecule has 196 valence electrons. The van der Waals surface area contributed by atoms with E-state index in [1.165, 1.54) is 24.9 Å². The first-order valence-electron chi connectivity index (χ1n) is 12.2. The van der Waals surface area contributed by atoms with Gasteiger partial charge >= 0.3 is 5.97 Å². The second-order valence-electron chi connectivity index (χ2n) is 8.98. The summed E-state index contributed by atoms with van der Waals surface area (Å²) in [5, 5.41) is 1.95. The highest BCUT2D eigenvalue weighted by atomic mass is 35.5. The summed E-state index contributed by atoms with van der Waals surface area (Å²) >= 11 is 7.82. The molecule has 0 aliphatic carbocycles. The van der Waals surface area contributed by atoms with Gasteiger partial charge in [-0.1, -0.05) is 18.5 Å². The van der Waals surface area contributed by atoms with E-state index < -0.39 is 5.82 Å². The van der Waals surface area contributed by atoms with Gasteiger partial charge in [0.15, 0.2) is 11.6 Å². The monoisotopic (exact) mass is 543 g/mol. The van der Waals surface area contributed by atoms with E-state index in [1.54, 1.807) is 0 Å². The first-order chi connectivity index (χ1) is 17.7. The van der Waals surface area contributed by atoms with Crippen molar-refractivity contribution >= 4 is 45.4 Å². The van der Waals surface area contributed by atoms with Crippen LogP contribution in [0.25, 0.3) is 22.2 Å². The quantitative estimate of drug-likeness (QED) is 0.151. The van der Waals surface area contributed by atoms with Gasteiger partial charge in [0.2, 0.25) is 0 Å². The number of esters is 1. The second-order valence-corrected chi connectivity index (χ2v) is 10.2. The van der Waals surface area contributed by atoms with Crippen LogP contribution in [0.5, 0.6) is 5.75 Å². The highest BCUT2D eigenvalue weighted by molar-refractivity contribution is 8.13. The Morgan fingerprint density at radius 1 is 1.38 bits per heavy atom. The minimum atomic E-state index is -0.402. The van der Waals surface area contributed by atoms with Gasteiger partial charge in [-0.3, -0.25) is 4.79 Å². The number of ether oxygens (including phenoxy) is 2. The molecule has 0 bridgehead atoms. The van der Waals surface area contributed by atoms with E-state index in [-0.39, 0.29) is 12.4 Å². The molecule has 1 aliphatic heterocycles. The van der Waals surface area contributed by atoms with Crippen molar-refractivity contribution in [3.63, 3.8) is 0 Å². The van der Waals surface area contributed by atoms with Gasteiger partial charge in [0.25, 0.3) is 0 Å². The third kappa shape index (κ3) is 5.14. The van der Waals surface area contributed by atoms with Crippen molar-refractivity contribution < 1.29 is 18.7 Å². The molecule has 0 spiro atoms. The van der Waals surface area contributed by atoms with Crippen molar-refractivity contribution in [1.29, 1.82) is 0 Å². The molecule has 9 heteroatoms. The minimum Gasteiger partial charge on any atom is -0.490 e. The van der Waals surface area contributed by atoms with Gasteiger partial charge in [0, 0.05) is 23.7 Å². The van der Waals surface area contributed by atoms with Crippen LogP contribution >= 0.6 is 23.4 Å². The topological polar surface area (TPSA) is 65.7 Å². The summed E-state index contributed by atoms with van der Waals surface area (Å²) in [6.45, 7) is 6.36. The van der Waals surface area contributed by atoms with Gasteiger partial charge in [0.05, 0.1) is 25.8 Å². The van der Waals surface area contributed by atoms with Gasteiger partial charge in [-0.05, 0) is 79.8 Å². The van der Waals surface area contributed by atoms with Crippen molar-refractivity contribution in [2.75, 3.05) is 20.0 Å². The molecule has 0 fully saturated rings. The number of fused-ring (bicyclic) bond motifs is 2. The number of rotatable bonds is 6. The Kier molecular flexibility index (Phi) is 8.29. The smallest absolute Gasteiger partial charge is 0.310 e. The number of nitrogens with zero attached hydrogens (tertiary/aromatic N) is 3. The van der Waals surface area contributed by atoms with Crippen LogP contribution in [0.1, 0.15) is 47.8 Å². The van der Waals surface area contributed by atoms with Crippen LogP contribution in [0.3, 0.4) is 0 Å². The number of benzene rings is 1. The van der Waals surface area contributed by atoms with Crippen LogP contribution in [0.4, 0.5) is 4.39 Å². The summed E-state index contributed by atoms with van der Waals surface area (Å²) in [5.41, 5.74) is 6.23. The fraction of sp³-hybridized carbons (Fsp3) is 0.393. The molecular formula is C28H31ClFN3O3S. The first-order valence-corrected chi connectivity index (χ1v) is 13.8. The molecule has 0 atom stereocenters. The molecule has 2 aromatic heterocycles. The molecule has 0 saturated heterocycles. The molecule has 1 aromatic carbocycles. The maximum atomic E-state index is 15.4. The van der Waals surface area contributed by atoms with Crippen molar-refractivity contribution in [3.8, 4) is 16.9 Å². The van der Waals surface area contributed by atoms with Gasteiger partial charge in [-0.25, -0.2) is 14.4 Å². The van der Waals surface area contributed by atoms with Crippen LogP contribution in [0, 0.1) is 19.7 Å². The van der Waals surface area contributed by atoms with Crippen molar-refractivity contribution in [1.82, 2.24) is 9.55 Å². The average molecular weight is 544 g/mol. The molecule has 0 radical (unpaired) electrons. The number of pyridine rings is 1. The first kappa shape index (κ1) is 27.2. The Balaban J connectivity index is 2.08. The zero-order valence-corrected chi connectivity index (χ0v) is 23.6. The van der Waals surface area contributed by atoms with E-state index >= 15 is 4.39 Å². The highest BCUT2D eigenvalue weighted by Crippen LogP contribution is 2.42. The third-order valence-electron chi connectivity index (χ3n) is 6.73. The molecule has 0 saturated carbocycles. The van der Waals surface area contributed by atoms with Crippen LogP contribution in [-0.4, -0.2) is 40.5 Å². The molecule has 37 heavy (non-hydrogen) atoms. The van der Waals surface area contributed by atoms with E-state index in [2.05, 4.69) is 4.99 Å². The van der Waals surface area contributed by atoms with Crippen molar-refractivity contribution in [2.45, 2.75) is 46.5 Å². The number of carbonyl (C=O) groups excluding carboxylic acids is 1. The number of methoxy groups -OCH3 is 1. The molecule has 4 rings (SSSR count). The molecule has 3 aromatic rings. The van der Waals surface area contributed by atoms with Crippen LogP contribution in [0.2, 0.25) is 0 Å². The van der Waals surface area contributed by atoms with E-state index in [0.29, 0.717) is 34.4 Å². The number of aromatic nitrogens is 2. The van der Waals surface area contributed by atoms with E-state index in [4.69, 9.17) is 26.1 Å². The summed E-state index contributed by atoms with van der Waals surface area (Å²) in [4.78, 5) is 21.9. The maximum absolute atomic E-state index is 15.4. The number of carbonyl (C=O) groups is 1. The second kappa shape index (κ2) is 11.3. The Labute approximate surface area is 225 Å². The van der Waals surface area contributed by atoms with Crippen molar-refractivity contribution in [3.05, 3.63) is 57.3 Å². The summed E-state index contributed by atoms with van der Waals surface area (Å²) < 4.78 is 28.0. The predicted octanol–water partition coefficient (Wildman–Crippen LogP) is 6.64. The Morgan fingerprint density at radius 3 is 2.81 bits per heavy atom. The average Bonchev–Trinajstić information content (AvgIpc) is 3.20. The molecule has 3 heterocycles. The van der Waals surface area contributed by atoms with Gasteiger partial charge < -0.3 is 14.0 Å². The number of aryl methyl sites for hydroxylation is 2. The number of hydrogen-bond acceptors (Lipinski definition) is 6. The minimum absolute atomic E-state index is 0.0218. The lowest BCUT2D eigenvalue weighted by Crippen LogP contribution is -2.13. The predicted molar refractivity (Wildman–Crippen MR) is 149 cm³/mol. The highest BCUT2D eigenvalue weighted by Gasteiger charge is 2.27. The summed E-state index contributed by atoms with van der Waals surface area (Å²) in [5.74, 6) is -0.461. The van der Waals surface area contributed by atoms with Crippen LogP contribution < -0.4 is 4.74 Å². The number of allylic oxidation sites excluding steroid dienone is 1. The molecule has 0 amide bonds. The van der Waals surface area contributed by atoms with E-state index in [1.807, 2.05) is 50.8 Å². The number of halogens is 2. The lowest BCUT2D eigenvalue weighted by atomic mass is 9.87. The molecule has 6 nitrogen and oxygen atoms in total. The third-order valence-corrected chi connectivity index (χ3v) is 7.66. The summed E-state index contributed by atoms with van der Waals surface area (Å²) in [7, 11) is 3.28. The molecule has 0 unspecified atom stereocenters. The summed E-state index contributed by atoms with van der Waals surface area (Å²) in [6.07, 6.45) is 6.15. The van der Waals surface area contributed by atoms with Gasteiger partial charge in [0.1, 0.15) is 15.8 Å². The summed E-state index contributed by atoms with van der Waals surface area (Å²) in [6, 6.07) is 3.52. The SMILES string of the molecule is CC/C=C(Cl)/N=C(\SC)c1cc2c(-c3cc(F)c4c(c3C)CCCO4)c(CC(=O)OC)c(C)nc2n1C. The zero-order chi connectivity index (χ0) is 26.9. The van der Waals surface area contributed by atoms with Gasteiger partial charge in [-0.15, -0.1) is 11.8 Å². The number of thioether (sulfide) groups is 1. The number of aliphatic imine (C=N–C) groups is 1. The lowest BCUT2D eigenvalue weighted by molar-refractivity contribution is -0.139. The largest absolute Gasteiger partial charge is 0.490 e. The lowest BCUT2D eigenvalue weighted by Gasteiger charge is -2.23. The van der Waals surface area contributed by atoms with E-state index in [9.17, 15) is 4.79 Å². The van der Waals surface area contributed by atoms with Crippen LogP contribution in [0.15, 0.2) is 28.4 Å². The Hall–Kier alpha value is -2.84. The zero-order valence-electron chi connectivity index (χ0n) is 22.0. The van der Waals surface area contributed by atoms with E-state index in [0.717, 1.165) is 57.6 Å². The molecule has 0 N–H and O–H groups in total. The molecule has 1 aliphatic rings. The maximum Gasteiger partial charge on any atom is 0.310 e. The Bertz CT molecular complexity index is 1440. The molecular weight excluding hydrogens is 513 g/mol. The fourth-order valence-corrected chi connectivity index (χ4v) is 5.75. The fourth-order valence-electron chi connectivity index (χ4n) is 4.86. The normalized spacial score (nSPS) is 14.1. The van der Waals surface area contributed by atoms with Crippen molar-refractivity contribution in [2.24, 2.45) is 12.0 Å². The Morgan fingerprint density at radius 2 is 2.14 bits per heavy atom. The standard InChI is InChI=1S/C28H31ClFN3O3S/c1-7-9-23(29)32-28(37-6)22-13-20-25(18-12-21(30)26-17(15(18)2)10-8-11-36-26)19(14-24(34)35-5)16(3)31-27(20)33(22)4/h9,12-13H,7-8,10-11,14H2,1-6H3/b23-9+,32-28-. The number of hydrogen-bond donors (Lipinski definition) is 0. The van der Waals surface area contributed by atoms with Crippen LogP contribution in [-0.2, 0) is 29.4 Å².